The molecule has 0 amide bonds. The topological polar surface area (TPSA) is 46.2 Å². The summed E-state index contributed by atoms with van der Waals surface area (Å²) in [7, 11) is -2.89. The first-order valence-electron chi connectivity index (χ1n) is 5.84. The van der Waals surface area contributed by atoms with Crippen molar-refractivity contribution in [2.75, 3.05) is 11.5 Å². The van der Waals surface area contributed by atoms with Crippen LogP contribution in [0.1, 0.15) is 18.4 Å². The van der Waals surface area contributed by atoms with Crippen LogP contribution in [-0.4, -0.2) is 26.0 Å². The first kappa shape index (κ1) is 13.4. The zero-order valence-electron chi connectivity index (χ0n) is 9.83. The van der Waals surface area contributed by atoms with Gasteiger partial charge in [-0.15, -0.1) is 0 Å². The van der Waals surface area contributed by atoms with E-state index in [0.29, 0.717) is 12.8 Å². The van der Waals surface area contributed by atoms with Gasteiger partial charge in [0.1, 0.15) is 9.84 Å². The summed E-state index contributed by atoms with van der Waals surface area (Å²) in [4.78, 5) is 0. The Hall–Kier alpha value is -1.01. The number of sulfone groups is 1. The lowest BCUT2D eigenvalue weighted by molar-refractivity contribution is 0.447. The van der Waals surface area contributed by atoms with Crippen LogP contribution in [0.4, 0.5) is 8.78 Å². The smallest absolute Gasteiger partial charge is 0.163 e. The first-order chi connectivity index (χ1) is 8.48. The van der Waals surface area contributed by atoms with Gasteiger partial charge in [0.05, 0.1) is 11.5 Å². The van der Waals surface area contributed by atoms with Crippen molar-refractivity contribution in [2.24, 2.45) is 0 Å². The summed E-state index contributed by atoms with van der Waals surface area (Å²) in [5, 5.41) is 3.07. The highest BCUT2D eigenvalue weighted by Crippen LogP contribution is 2.15. The Labute approximate surface area is 105 Å². The molecule has 0 aliphatic carbocycles. The second kappa shape index (κ2) is 5.32. The third-order valence-corrected chi connectivity index (χ3v) is 4.88. The average molecular weight is 275 g/mol. The molecule has 0 aromatic heterocycles. The highest BCUT2D eigenvalue weighted by molar-refractivity contribution is 7.91. The highest BCUT2D eigenvalue weighted by Gasteiger charge is 2.23. The van der Waals surface area contributed by atoms with E-state index in [0.717, 1.165) is 6.07 Å². The lowest BCUT2D eigenvalue weighted by Gasteiger charge is -2.23. The normalized spacial score (nSPS) is 19.9. The largest absolute Gasteiger partial charge is 0.310 e. The van der Waals surface area contributed by atoms with Crippen molar-refractivity contribution in [3.8, 4) is 0 Å². The first-order valence-corrected chi connectivity index (χ1v) is 7.67. The molecular weight excluding hydrogens is 260 g/mol. The zero-order valence-corrected chi connectivity index (χ0v) is 10.6. The number of hydrogen-bond acceptors (Lipinski definition) is 3. The minimum atomic E-state index is -2.89. The molecule has 0 unspecified atom stereocenters. The van der Waals surface area contributed by atoms with Gasteiger partial charge in [0.2, 0.25) is 0 Å². The Morgan fingerprint density at radius 3 is 2.56 bits per heavy atom. The predicted octanol–water partition coefficient (Wildman–Crippen LogP) is 1.63. The van der Waals surface area contributed by atoms with E-state index in [1.165, 1.54) is 12.1 Å². The Kier molecular flexibility index (Phi) is 3.97. The summed E-state index contributed by atoms with van der Waals surface area (Å²) in [6.07, 6.45) is 1.05. The Morgan fingerprint density at radius 1 is 1.22 bits per heavy atom. The molecule has 1 aliphatic rings. The molecule has 1 fully saturated rings. The maximum Gasteiger partial charge on any atom is 0.163 e. The lowest BCUT2D eigenvalue weighted by atomic mass is 10.1. The van der Waals surface area contributed by atoms with Gasteiger partial charge in [0.15, 0.2) is 11.6 Å². The van der Waals surface area contributed by atoms with E-state index in [-0.39, 0.29) is 29.7 Å². The molecule has 1 aliphatic heterocycles. The molecule has 3 nitrogen and oxygen atoms in total. The van der Waals surface area contributed by atoms with Gasteiger partial charge in [-0.1, -0.05) is 12.1 Å². The predicted molar refractivity (Wildman–Crippen MR) is 64.9 cm³/mol. The lowest BCUT2D eigenvalue weighted by Crippen LogP contribution is -2.37. The van der Waals surface area contributed by atoms with Crippen LogP contribution in [-0.2, 0) is 16.4 Å². The molecular formula is C12H15F2NO2S. The Balaban J connectivity index is 1.91. The molecule has 100 valence electrons. The van der Waals surface area contributed by atoms with Crippen LogP contribution in [0.15, 0.2) is 18.2 Å². The van der Waals surface area contributed by atoms with Gasteiger partial charge in [0, 0.05) is 18.2 Å². The van der Waals surface area contributed by atoms with E-state index in [9.17, 15) is 17.2 Å². The summed E-state index contributed by atoms with van der Waals surface area (Å²) in [5.41, 5.74) is 0.267. The van der Waals surface area contributed by atoms with Crippen molar-refractivity contribution in [1.82, 2.24) is 5.32 Å². The molecule has 1 aromatic carbocycles. The summed E-state index contributed by atoms with van der Waals surface area (Å²) < 4.78 is 48.8. The Morgan fingerprint density at radius 2 is 1.89 bits per heavy atom. The van der Waals surface area contributed by atoms with Crippen LogP contribution >= 0.6 is 0 Å². The van der Waals surface area contributed by atoms with E-state index in [1.54, 1.807) is 0 Å². The molecule has 0 atom stereocenters. The Bertz CT molecular complexity index is 517. The van der Waals surface area contributed by atoms with Crippen LogP contribution in [0.2, 0.25) is 0 Å². The van der Waals surface area contributed by atoms with Crippen LogP contribution in [0.25, 0.3) is 0 Å². The maximum absolute atomic E-state index is 13.4. The summed E-state index contributed by atoms with van der Waals surface area (Å²) >= 11 is 0. The zero-order chi connectivity index (χ0) is 13.2. The van der Waals surface area contributed by atoms with Crippen molar-refractivity contribution in [2.45, 2.75) is 25.4 Å². The van der Waals surface area contributed by atoms with Gasteiger partial charge in [-0.2, -0.15) is 0 Å². The van der Waals surface area contributed by atoms with Gasteiger partial charge >= 0.3 is 0 Å². The molecule has 18 heavy (non-hydrogen) atoms. The van der Waals surface area contributed by atoms with Gasteiger partial charge in [-0.3, -0.25) is 0 Å². The van der Waals surface area contributed by atoms with Crippen molar-refractivity contribution >= 4 is 9.84 Å². The molecule has 1 heterocycles. The van der Waals surface area contributed by atoms with Crippen LogP contribution in [0, 0.1) is 11.6 Å². The number of benzene rings is 1. The summed E-state index contributed by atoms with van der Waals surface area (Å²) in [6.45, 7) is 0.217. The van der Waals surface area contributed by atoms with Gasteiger partial charge in [-0.05, 0) is 18.9 Å². The van der Waals surface area contributed by atoms with Gasteiger partial charge in [0.25, 0.3) is 0 Å². The van der Waals surface area contributed by atoms with Crippen LogP contribution in [0.5, 0.6) is 0 Å². The van der Waals surface area contributed by atoms with Crippen LogP contribution in [0.3, 0.4) is 0 Å². The molecule has 6 heteroatoms. The van der Waals surface area contributed by atoms with E-state index >= 15 is 0 Å². The third kappa shape index (κ3) is 3.26. The standard InChI is InChI=1S/C12H15F2NO2S/c13-11-3-1-2-9(12(11)14)8-15-10-4-6-18(16,17)7-5-10/h1-3,10,15H,4-8H2. The second-order valence-electron chi connectivity index (χ2n) is 4.52. The fourth-order valence-corrected chi connectivity index (χ4v) is 3.52. The number of rotatable bonds is 3. The van der Waals surface area contributed by atoms with E-state index in [1.807, 2.05) is 0 Å². The highest BCUT2D eigenvalue weighted by atomic mass is 32.2. The molecule has 0 bridgehead atoms. The van der Waals surface area contributed by atoms with E-state index in [4.69, 9.17) is 0 Å². The molecule has 1 aromatic rings. The van der Waals surface area contributed by atoms with E-state index < -0.39 is 21.5 Å². The fourth-order valence-electron chi connectivity index (χ4n) is 2.03. The fraction of sp³-hybridized carbons (Fsp3) is 0.500. The average Bonchev–Trinajstić information content (AvgIpc) is 2.33. The second-order valence-corrected chi connectivity index (χ2v) is 6.82. The quantitative estimate of drug-likeness (QED) is 0.912. The minimum absolute atomic E-state index is 0.0520. The van der Waals surface area contributed by atoms with Crippen LogP contribution < -0.4 is 5.32 Å². The summed E-state index contributed by atoms with van der Waals surface area (Å²) in [6, 6.07) is 4.11. The van der Waals surface area contributed by atoms with Crippen molar-refractivity contribution in [1.29, 1.82) is 0 Å². The molecule has 1 N–H and O–H groups in total. The molecule has 2 rings (SSSR count). The summed E-state index contributed by atoms with van der Waals surface area (Å²) in [5.74, 6) is -1.37. The molecule has 0 spiro atoms. The molecule has 1 saturated heterocycles. The number of halogens is 2. The monoisotopic (exact) mass is 275 g/mol. The minimum Gasteiger partial charge on any atom is -0.310 e. The van der Waals surface area contributed by atoms with E-state index in [2.05, 4.69) is 5.32 Å². The molecule has 0 saturated carbocycles. The van der Waals surface area contributed by atoms with Gasteiger partial charge in [-0.25, -0.2) is 17.2 Å². The number of nitrogens with one attached hydrogen (secondary N) is 1. The molecule has 0 radical (unpaired) electrons. The SMILES string of the molecule is O=S1(=O)CCC(NCc2cccc(F)c2F)CC1. The third-order valence-electron chi connectivity index (χ3n) is 3.17. The van der Waals surface area contributed by atoms with Crippen molar-refractivity contribution < 1.29 is 17.2 Å². The number of hydrogen-bond donors (Lipinski definition) is 1. The maximum atomic E-state index is 13.4. The van der Waals surface area contributed by atoms with Gasteiger partial charge < -0.3 is 5.32 Å². The van der Waals surface area contributed by atoms with Crippen molar-refractivity contribution in [3.63, 3.8) is 0 Å². The van der Waals surface area contributed by atoms with Crippen molar-refractivity contribution in [3.05, 3.63) is 35.4 Å².